The van der Waals surface area contributed by atoms with Crippen molar-refractivity contribution < 1.29 is 4.39 Å². The normalized spacial score (nSPS) is 22.1. The first-order valence-electron chi connectivity index (χ1n) is 6.70. The van der Waals surface area contributed by atoms with Crippen LogP contribution >= 0.6 is 0 Å². The standard InChI is InChI=1S/C17H18FN/c1-12-8-15(10-16(18)9-12)17(19)7-6-13-4-2-3-5-14(13)11-17/h2-5,8-10H,6-7,11,19H2,1H3. The lowest BCUT2D eigenvalue weighted by atomic mass is 9.74. The van der Waals surface area contributed by atoms with Crippen molar-refractivity contribution in [2.24, 2.45) is 5.73 Å². The molecule has 0 aromatic heterocycles. The summed E-state index contributed by atoms with van der Waals surface area (Å²) in [5, 5.41) is 0. The molecular formula is C17H18FN. The minimum atomic E-state index is -0.443. The van der Waals surface area contributed by atoms with Crippen LogP contribution in [0.5, 0.6) is 0 Å². The summed E-state index contributed by atoms with van der Waals surface area (Å²) < 4.78 is 13.6. The molecule has 0 spiro atoms. The molecule has 0 aliphatic heterocycles. The first-order chi connectivity index (χ1) is 9.07. The van der Waals surface area contributed by atoms with Gasteiger partial charge in [-0.25, -0.2) is 4.39 Å². The minimum absolute atomic E-state index is 0.196. The molecule has 2 aromatic carbocycles. The van der Waals surface area contributed by atoms with Crippen LogP contribution in [0, 0.1) is 12.7 Å². The molecule has 2 heteroatoms. The number of aryl methyl sites for hydroxylation is 2. The molecule has 0 radical (unpaired) electrons. The van der Waals surface area contributed by atoms with Crippen molar-refractivity contribution >= 4 is 0 Å². The van der Waals surface area contributed by atoms with Crippen molar-refractivity contribution in [2.75, 3.05) is 0 Å². The predicted octanol–water partition coefficient (Wildman–Crippen LogP) is 3.48. The van der Waals surface area contributed by atoms with Crippen molar-refractivity contribution in [3.63, 3.8) is 0 Å². The third kappa shape index (κ3) is 2.28. The van der Waals surface area contributed by atoms with E-state index in [2.05, 4.69) is 18.2 Å². The molecule has 1 unspecified atom stereocenters. The molecule has 0 fully saturated rings. The van der Waals surface area contributed by atoms with E-state index in [0.29, 0.717) is 0 Å². The average molecular weight is 255 g/mol. The van der Waals surface area contributed by atoms with Crippen LogP contribution in [0.4, 0.5) is 4.39 Å². The fourth-order valence-corrected chi connectivity index (χ4v) is 3.03. The molecule has 2 N–H and O–H groups in total. The zero-order chi connectivity index (χ0) is 13.5. The van der Waals surface area contributed by atoms with Gasteiger partial charge in [0.2, 0.25) is 0 Å². The lowest BCUT2D eigenvalue weighted by Crippen LogP contribution is -2.42. The summed E-state index contributed by atoms with van der Waals surface area (Å²) in [4.78, 5) is 0. The van der Waals surface area contributed by atoms with Crippen LogP contribution in [-0.2, 0) is 18.4 Å². The van der Waals surface area contributed by atoms with E-state index in [4.69, 9.17) is 5.73 Å². The van der Waals surface area contributed by atoms with Crippen molar-refractivity contribution in [1.82, 2.24) is 0 Å². The van der Waals surface area contributed by atoms with E-state index in [1.165, 1.54) is 11.1 Å². The third-order valence-electron chi connectivity index (χ3n) is 4.08. The highest BCUT2D eigenvalue weighted by Crippen LogP contribution is 2.35. The molecule has 1 aliphatic rings. The minimum Gasteiger partial charge on any atom is -0.321 e. The molecule has 0 saturated carbocycles. The number of nitrogens with two attached hydrogens (primary N) is 1. The van der Waals surface area contributed by atoms with E-state index in [1.807, 2.05) is 19.1 Å². The van der Waals surface area contributed by atoms with Crippen molar-refractivity contribution in [3.05, 3.63) is 70.5 Å². The van der Waals surface area contributed by atoms with Gasteiger partial charge in [0.15, 0.2) is 0 Å². The number of rotatable bonds is 1. The number of hydrogen-bond acceptors (Lipinski definition) is 1. The van der Waals surface area contributed by atoms with Gasteiger partial charge in [0.05, 0.1) is 0 Å². The third-order valence-corrected chi connectivity index (χ3v) is 4.08. The van der Waals surface area contributed by atoms with Crippen molar-refractivity contribution in [1.29, 1.82) is 0 Å². The SMILES string of the molecule is Cc1cc(F)cc(C2(N)CCc3ccccc3C2)c1. The number of benzene rings is 2. The van der Waals surface area contributed by atoms with E-state index in [0.717, 1.165) is 30.4 Å². The molecular weight excluding hydrogens is 237 g/mol. The van der Waals surface area contributed by atoms with E-state index in [9.17, 15) is 4.39 Å². The van der Waals surface area contributed by atoms with Gasteiger partial charge in [-0.2, -0.15) is 0 Å². The molecule has 3 rings (SSSR count). The average Bonchev–Trinajstić information content (AvgIpc) is 2.37. The van der Waals surface area contributed by atoms with Gasteiger partial charge in [-0.05, 0) is 60.6 Å². The summed E-state index contributed by atoms with van der Waals surface area (Å²) in [5.41, 5.74) is 10.6. The molecule has 0 bridgehead atoms. The molecule has 2 aromatic rings. The second-order valence-corrected chi connectivity index (χ2v) is 5.62. The van der Waals surface area contributed by atoms with Crippen LogP contribution in [0.1, 0.15) is 28.7 Å². The summed E-state index contributed by atoms with van der Waals surface area (Å²) in [7, 11) is 0. The van der Waals surface area contributed by atoms with Gasteiger partial charge >= 0.3 is 0 Å². The maximum atomic E-state index is 13.6. The van der Waals surface area contributed by atoms with E-state index in [1.54, 1.807) is 12.1 Å². The van der Waals surface area contributed by atoms with Crippen LogP contribution in [0.3, 0.4) is 0 Å². The Kier molecular flexibility index (Phi) is 2.90. The Morgan fingerprint density at radius 3 is 2.58 bits per heavy atom. The highest BCUT2D eigenvalue weighted by atomic mass is 19.1. The molecule has 0 amide bonds. The van der Waals surface area contributed by atoms with Gasteiger partial charge in [0, 0.05) is 5.54 Å². The Bertz CT molecular complexity index is 600. The Labute approximate surface area is 113 Å². The quantitative estimate of drug-likeness (QED) is 0.829. The second kappa shape index (κ2) is 4.46. The fraction of sp³-hybridized carbons (Fsp3) is 0.294. The first-order valence-corrected chi connectivity index (χ1v) is 6.70. The van der Waals surface area contributed by atoms with Crippen LogP contribution < -0.4 is 5.73 Å². The first kappa shape index (κ1) is 12.4. The molecule has 0 heterocycles. The molecule has 0 saturated heterocycles. The lowest BCUT2D eigenvalue weighted by Gasteiger charge is -2.35. The summed E-state index contributed by atoms with van der Waals surface area (Å²) >= 11 is 0. The van der Waals surface area contributed by atoms with E-state index in [-0.39, 0.29) is 5.82 Å². The summed E-state index contributed by atoms with van der Waals surface area (Å²) in [5.74, 6) is -0.196. The molecule has 1 nitrogen and oxygen atoms in total. The smallest absolute Gasteiger partial charge is 0.123 e. The molecule has 1 aliphatic carbocycles. The van der Waals surface area contributed by atoms with Crippen molar-refractivity contribution in [2.45, 2.75) is 31.7 Å². The number of halogens is 1. The summed E-state index contributed by atoms with van der Waals surface area (Å²) in [6, 6.07) is 13.5. The Morgan fingerprint density at radius 2 is 1.84 bits per heavy atom. The largest absolute Gasteiger partial charge is 0.321 e. The highest BCUT2D eigenvalue weighted by Gasteiger charge is 2.32. The predicted molar refractivity (Wildman–Crippen MR) is 75.5 cm³/mol. The van der Waals surface area contributed by atoms with Gasteiger partial charge in [-0.15, -0.1) is 0 Å². The zero-order valence-electron chi connectivity index (χ0n) is 11.1. The van der Waals surface area contributed by atoms with Gasteiger partial charge in [0.1, 0.15) is 5.82 Å². The Balaban J connectivity index is 2.01. The number of fused-ring (bicyclic) bond motifs is 1. The monoisotopic (exact) mass is 255 g/mol. The van der Waals surface area contributed by atoms with Crippen LogP contribution in [0.25, 0.3) is 0 Å². The second-order valence-electron chi connectivity index (χ2n) is 5.62. The van der Waals surface area contributed by atoms with Crippen LogP contribution in [0.15, 0.2) is 42.5 Å². The highest BCUT2D eigenvalue weighted by molar-refractivity contribution is 5.38. The van der Waals surface area contributed by atoms with Crippen LogP contribution in [-0.4, -0.2) is 0 Å². The van der Waals surface area contributed by atoms with E-state index < -0.39 is 5.54 Å². The van der Waals surface area contributed by atoms with E-state index >= 15 is 0 Å². The van der Waals surface area contributed by atoms with Gasteiger partial charge < -0.3 is 5.73 Å². The molecule has 98 valence electrons. The van der Waals surface area contributed by atoms with Gasteiger partial charge in [-0.3, -0.25) is 0 Å². The van der Waals surface area contributed by atoms with Crippen molar-refractivity contribution in [3.8, 4) is 0 Å². The molecule has 19 heavy (non-hydrogen) atoms. The Hall–Kier alpha value is -1.67. The fourth-order valence-electron chi connectivity index (χ4n) is 3.03. The van der Waals surface area contributed by atoms with Gasteiger partial charge in [-0.1, -0.05) is 30.3 Å². The summed E-state index contributed by atoms with van der Waals surface area (Å²) in [6.07, 6.45) is 2.61. The topological polar surface area (TPSA) is 26.0 Å². The number of hydrogen-bond donors (Lipinski definition) is 1. The lowest BCUT2D eigenvalue weighted by molar-refractivity contribution is 0.383. The maximum absolute atomic E-state index is 13.6. The maximum Gasteiger partial charge on any atom is 0.123 e. The van der Waals surface area contributed by atoms with Gasteiger partial charge in [0.25, 0.3) is 0 Å². The Morgan fingerprint density at radius 1 is 1.11 bits per heavy atom. The zero-order valence-corrected chi connectivity index (χ0v) is 11.1. The summed E-state index contributed by atoms with van der Waals surface area (Å²) in [6.45, 7) is 1.91. The van der Waals surface area contributed by atoms with Crippen LogP contribution in [0.2, 0.25) is 0 Å². The molecule has 1 atom stereocenters.